The normalized spacial score (nSPS) is 18.4. The third kappa shape index (κ3) is 3.53. The molecule has 0 radical (unpaired) electrons. The highest BCUT2D eigenvalue weighted by molar-refractivity contribution is 7.90. The number of sulfone groups is 1. The summed E-state index contributed by atoms with van der Waals surface area (Å²) in [5.74, 6) is -0.256. The molecular formula is C15H19N3O4S. The van der Waals surface area contributed by atoms with Crippen molar-refractivity contribution in [2.75, 3.05) is 19.4 Å². The van der Waals surface area contributed by atoms with Gasteiger partial charge in [0, 0.05) is 19.4 Å². The van der Waals surface area contributed by atoms with E-state index in [-0.39, 0.29) is 23.7 Å². The van der Waals surface area contributed by atoms with Crippen LogP contribution in [0.1, 0.15) is 12.8 Å². The van der Waals surface area contributed by atoms with E-state index in [4.69, 9.17) is 4.74 Å². The van der Waals surface area contributed by atoms with Crippen molar-refractivity contribution in [3.8, 4) is 0 Å². The molecule has 2 heterocycles. The lowest BCUT2D eigenvalue weighted by Gasteiger charge is -2.12. The Morgan fingerprint density at radius 2 is 2.22 bits per heavy atom. The minimum atomic E-state index is -3.52. The van der Waals surface area contributed by atoms with Gasteiger partial charge in [-0.15, -0.1) is 0 Å². The standard InChI is InChI=1S/C15H19N3O4S/c1-23(20,21)15-17-12-6-2-3-7-13(12)18(15)10-14(19)16-9-11-5-4-8-22-11/h2-3,6-7,11H,4-5,8-10H2,1H3,(H,16,19)/t11-/m0/s1. The Bertz CT molecular complexity index is 822. The number of carbonyl (C=O) groups excluding carboxylic acids is 1. The van der Waals surface area contributed by atoms with Crippen molar-refractivity contribution >= 4 is 26.8 Å². The number of ether oxygens (including phenoxy) is 1. The number of nitrogens with zero attached hydrogens (tertiary/aromatic N) is 2. The minimum absolute atomic E-state index is 0.0489. The van der Waals surface area contributed by atoms with E-state index in [1.165, 1.54) is 4.57 Å². The van der Waals surface area contributed by atoms with Crippen LogP contribution in [0, 0.1) is 0 Å². The zero-order valence-electron chi connectivity index (χ0n) is 12.9. The third-order valence-electron chi connectivity index (χ3n) is 3.80. The van der Waals surface area contributed by atoms with Crippen LogP contribution in [0.4, 0.5) is 0 Å². The van der Waals surface area contributed by atoms with Crippen molar-refractivity contribution in [3.05, 3.63) is 24.3 Å². The lowest BCUT2D eigenvalue weighted by Crippen LogP contribution is -2.34. The monoisotopic (exact) mass is 337 g/mol. The van der Waals surface area contributed by atoms with Crippen LogP contribution in [0.15, 0.2) is 29.4 Å². The molecule has 1 N–H and O–H groups in total. The van der Waals surface area contributed by atoms with Crippen LogP contribution in [0.3, 0.4) is 0 Å². The van der Waals surface area contributed by atoms with Crippen LogP contribution in [0.5, 0.6) is 0 Å². The summed E-state index contributed by atoms with van der Waals surface area (Å²) in [6, 6.07) is 7.05. The predicted molar refractivity (Wildman–Crippen MR) is 84.8 cm³/mol. The Labute approximate surface area is 134 Å². The van der Waals surface area contributed by atoms with Crippen LogP contribution in [0.25, 0.3) is 11.0 Å². The minimum Gasteiger partial charge on any atom is -0.376 e. The molecule has 3 rings (SSSR count). The summed E-state index contributed by atoms with van der Waals surface area (Å²) in [6.45, 7) is 1.08. The molecule has 124 valence electrons. The van der Waals surface area contributed by atoms with E-state index < -0.39 is 9.84 Å². The fourth-order valence-electron chi connectivity index (χ4n) is 2.72. The molecule has 0 aliphatic carbocycles. The molecule has 0 unspecified atom stereocenters. The van der Waals surface area contributed by atoms with Gasteiger partial charge in [0.05, 0.1) is 17.1 Å². The summed E-state index contributed by atoms with van der Waals surface area (Å²) >= 11 is 0. The maximum absolute atomic E-state index is 12.2. The number of para-hydroxylation sites is 2. The first-order valence-corrected chi connectivity index (χ1v) is 9.38. The Kier molecular flexibility index (Phi) is 4.36. The maximum Gasteiger partial charge on any atom is 0.240 e. The van der Waals surface area contributed by atoms with Gasteiger partial charge in [-0.2, -0.15) is 0 Å². The number of hydrogen-bond donors (Lipinski definition) is 1. The van der Waals surface area contributed by atoms with E-state index in [1.54, 1.807) is 24.3 Å². The summed E-state index contributed by atoms with van der Waals surface area (Å²) in [5, 5.41) is 2.71. The van der Waals surface area contributed by atoms with Crippen LogP contribution >= 0.6 is 0 Å². The molecule has 1 atom stereocenters. The lowest BCUT2D eigenvalue weighted by molar-refractivity contribution is -0.122. The molecule has 23 heavy (non-hydrogen) atoms. The molecule has 1 aliphatic rings. The van der Waals surface area contributed by atoms with Gasteiger partial charge >= 0.3 is 0 Å². The molecule has 1 saturated heterocycles. The fourth-order valence-corrected chi connectivity index (χ4v) is 3.55. The number of nitrogens with one attached hydrogen (secondary N) is 1. The van der Waals surface area contributed by atoms with Crippen molar-refractivity contribution in [1.29, 1.82) is 0 Å². The summed E-state index contributed by atoms with van der Waals surface area (Å²) in [5.41, 5.74) is 1.18. The highest BCUT2D eigenvalue weighted by atomic mass is 32.2. The Hall–Kier alpha value is -1.93. The smallest absolute Gasteiger partial charge is 0.240 e. The SMILES string of the molecule is CS(=O)(=O)c1nc2ccccc2n1CC(=O)NC[C@@H]1CCCO1. The number of benzene rings is 1. The number of rotatable bonds is 5. The van der Waals surface area contributed by atoms with Gasteiger partial charge in [0.2, 0.25) is 20.9 Å². The third-order valence-corrected chi connectivity index (χ3v) is 4.78. The second-order valence-electron chi connectivity index (χ2n) is 5.68. The Balaban J connectivity index is 1.82. The average Bonchev–Trinajstić information content (AvgIpc) is 3.13. The molecular weight excluding hydrogens is 318 g/mol. The zero-order valence-corrected chi connectivity index (χ0v) is 13.7. The molecule has 0 saturated carbocycles. The lowest BCUT2D eigenvalue weighted by atomic mass is 10.2. The van der Waals surface area contributed by atoms with Crippen LogP contribution in [-0.2, 0) is 25.9 Å². The predicted octanol–water partition coefficient (Wildman–Crippen LogP) is 0.735. The molecule has 0 bridgehead atoms. The van der Waals surface area contributed by atoms with Gasteiger partial charge in [-0.1, -0.05) is 12.1 Å². The summed E-state index contributed by atoms with van der Waals surface area (Å²) in [4.78, 5) is 16.3. The van der Waals surface area contributed by atoms with Gasteiger partial charge in [-0.3, -0.25) is 4.79 Å². The van der Waals surface area contributed by atoms with Gasteiger partial charge in [0.25, 0.3) is 0 Å². The first kappa shape index (κ1) is 15.9. The van der Waals surface area contributed by atoms with Crippen molar-refractivity contribution in [1.82, 2.24) is 14.9 Å². The molecule has 1 aromatic carbocycles. The summed E-state index contributed by atoms with van der Waals surface area (Å²) < 4.78 is 30.8. The fraction of sp³-hybridized carbons (Fsp3) is 0.467. The van der Waals surface area contributed by atoms with Crippen molar-refractivity contribution < 1.29 is 17.9 Å². The van der Waals surface area contributed by atoms with Crippen LogP contribution < -0.4 is 5.32 Å². The van der Waals surface area contributed by atoms with E-state index in [2.05, 4.69) is 10.3 Å². The van der Waals surface area contributed by atoms with E-state index in [1.807, 2.05) is 0 Å². The van der Waals surface area contributed by atoms with Crippen molar-refractivity contribution in [2.24, 2.45) is 0 Å². The highest BCUT2D eigenvalue weighted by Gasteiger charge is 2.22. The zero-order chi connectivity index (χ0) is 16.4. The highest BCUT2D eigenvalue weighted by Crippen LogP contribution is 2.19. The van der Waals surface area contributed by atoms with Gasteiger partial charge < -0.3 is 14.6 Å². The number of fused-ring (bicyclic) bond motifs is 1. The molecule has 1 fully saturated rings. The molecule has 8 heteroatoms. The van der Waals surface area contributed by atoms with Crippen LogP contribution in [-0.4, -0.2) is 49.4 Å². The van der Waals surface area contributed by atoms with E-state index in [0.717, 1.165) is 25.7 Å². The Morgan fingerprint density at radius 1 is 1.43 bits per heavy atom. The molecule has 1 aromatic heterocycles. The number of carbonyl (C=O) groups is 1. The quantitative estimate of drug-likeness (QED) is 0.869. The largest absolute Gasteiger partial charge is 0.376 e. The van der Waals surface area contributed by atoms with E-state index >= 15 is 0 Å². The number of imidazole rings is 1. The molecule has 7 nitrogen and oxygen atoms in total. The molecule has 1 aliphatic heterocycles. The molecule has 1 amide bonds. The van der Waals surface area contributed by atoms with Crippen LogP contribution in [0.2, 0.25) is 0 Å². The summed E-state index contributed by atoms with van der Waals surface area (Å²) in [6.07, 6.45) is 3.08. The number of hydrogen-bond acceptors (Lipinski definition) is 5. The van der Waals surface area contributed by atoms with Gasteiger partial charge in [-0.05, 0) is 25.0 Å². The van der Waals surface area contributed by atoms with Crippen molar-refractivity contribution in [3.63, 3.8) is 0 Å². The first-order chi connectivity index (χ1) is 10.9. The maximum atomic E-state index is 12.2. The number of amides is 1. The Morgan fingerprint density at radius 3 is 2.91 bits per heavy atom. The van der Waals surface area contributed by atoms with Gasteiger partial charge in [-0.25, -0.2) is 13.4 Å². The second kappa shape index (κ2) is 6.29. The van der Waals surface area contributed by atoms with E-state index in [9.17, 15) is 13.2 Å². The molecule has 0 spiro atoms. The van der Waals surface area contributed by atoms with Gasteiger partial charge in [0.15, 0.2) is 0 Å². The van der Waals surface area contributed by atoms with Crippen molar-refractivity contribution in [2.45, 2.75) is 30.6 Å². The number of aromatic nitrogens is 2. The topological polar surface area (TPSA) is 90.3 Å². The van der Waals surface area contributed by atoms with E-state index in [0.29, 0.717) is 17.6 Å². The van der Waals surface area contributed by atoms with Gasteiger partial charge in [0.1, 0.15) is 6.54 Å². The second-order valence-corrected chi connectivity index (χ2v) is 7.59. The average molecular weight is 337 g/mol. The summed E-state index contributed by atoms with van der Waals surface area (Å²) in [7, 11) is -3.52. The molecule has 2 aromatic rings. The first-order valence-electron chi connectivity index (χ1n) is 7.49.